The highest BCUT2D eigenvalue weighted by molar-refractivity contribution is 5.53. The van der Waals surface area contributed by atoms with Crippen molar-refractivity contribution < 1.29 is 10.0 Å². The summed E-state index contributed by atoms with van der Waals surface area (Å²) in [5.41, 5.74) is 0.385. The van der Waals surface area contributed by atoms with Gasteiger partial charge in [-0.15, -0.1) is 0 Å². The molecule has 1 N–H and O–H groups in total. The van der Waals surface area contributed by atoms with Crippen molar-refractivity contribution in [2.75, 3.05) is 18.0 Å². The number of anilines is 1. The minimum absolute atomic E-state index is 0.0911. The molecule has 1 saturated heterocycles. The van der Waals surface area contributed by atoms with E-state index >= 15 is 0 Å². The highest BCUT2D eigenvalue weighted by Gasteiger charge is 2.43. The van der Waals surface area contributed by atoms with E-state index in [2.05, 4.69) is 0 Å². The Labute approximate surface area is 99.8 Å². The number of nitrogens with zero attached hydrogens (tertiary/aromatic N) is 2. The van der Waals surface area contributed by atoms with Crippen LogP contribution in [0.25, 0.3) is 0 Å². The van der Waals surface area contributed by atoms with Crippen LogP contribution in [0.3, 0.4) is 0 Å². The molecule has 5 nitrogen and oxygen atoms in total. The van der Waals surface area contributed by atoms with Crippen molar-refractivity contribution in [1.82, 2.24) is 0 Å². The molecule has 92 valence electrons. The maximum atomic E-state index is 10.5. The second-order valence-corrected chi connectivity index (χ2v) is 4.89. The van der Waals surface area contributed by atoms with Gasteiger partial charge in [0.1, 0.15) is 5.60 Å². The third-order valence-corrected chi connectivity index (χ3v) is 3.43. The molecule has 0 saturated carbocycles. The second-order valence-electron chi connectivity index (χ2n) is 4.89. The summed E-state index contributed by atoms with van der Waals surface area (Å²) in [5, 5.41) is 20.6. The summed E-state index contributed by atoms with van der Waals surface area (Å²) in [5.74, 6) is 0.219. The molecule has 0 bridgehead atoms. The lowest BCUT2D eigenvalue weighted by Gasteiger charge is -2.50. The standard InChI is InChI=1S/C12H16N2O3/c1-9(2)12(15)7-13(8-12)10-3-5-11(6-4-10)14(16)17/h3-6,9,15H,7-8H2,1-2H3. The van der Waals surface area contributed by atoms with Crippen molar-refractivity contribution in [3.05, 3.63) is 34.4 Å². The van der Waals surface area contributed by atoms with Gasteiger partial charge in [0.25, 0.3) is 5.69 Å². The lowest BCUT2D eigenvalue weighted by Crippen LogP contribution is -2.64. The first kappa shape index (κ1) is 11.9. The third-order valence-electron chi connectivity index (χ3n) is 3.43. The number of benzene rings is 1. The maximum absolute atomic E-state index is 10.5. The number of nitro benzene ring substituents is 1. The summed E-state index contributed by atoms with van der Waals surface area (Å²) in [6, 6.07) is 6.42. The minimum Gasteiger partial charge on any atom is -0.386 e. The summed E-state index contributed by atoms with van der Waals surface area (Å²) >= 11 is 0. The van der Waals surface area contributed by atoms with Crippen LogP contribution in [0.1, 0.15) is 13.8 Å². The monoisotopic (exact) mass is 236 g/mol. The summed E-state index contributed by atoms with van der Waals surface area (Å²) in [6.45, 7) is 5.16. The van der Waals surface area contributed by atoms with E-state index in [-0.39, 0.29) is 11.6 Å². The van der Waals surface area contributed by atoms with Crippen LogP contribution < -0.4 is 4.90 Å². The number of nitro groups is 1. The van der Waals surface area contributed by atoms with Crippen molar-refractivity contribution >= 4 is 11.4 Å². The van der Waals surface area contributed by atoms with Crippen LogP contribution in [0, 0.1) is 16.0 Å². The Kier molecular flexibility index (Phi) is 2.79. The third kappa shape index (κ3) is 2.10. The van der Waals surface area contributed by atoms with Gasteiger partial charge < -0.3 is 10.0 Å². The molecule has 1 aromatic carbocycles. The summed E-state index contributed by atoms with van der Waals surface area (Å²) < 4.78 is 0. The molecule has 1 fully saturated rings. The quantitative estimate of drug-likeness (QED) is 0.642. The minimum atomic E-state index is -0.623. The zero-order chi connectivity index (χ0) is 12.6. The summed E-state index contributed by atoms with van der Waals surface area (Å²) in [7, 11) is 0. The van der Waals surface area contributed by atoms with Crippen LogP contribution in [0.5, 0.6) is 0 Å². The number of hydrogen-bond acceptors (Lipinski definition) is 4. The Morgan fingerprint density at radius 3 is 2.29 bits per heavy atom. The number of hydrogen-bond donors (Lipinski definition) is 1. The zero-order valence-corrected chi connectivity index (χ0v) is 9.96. The van der Waals surface area contributed by atoms with Crippen LogP contribution in [0.4, 0.5) is 11.4 Å². The molecule has 0 atom stereocenters. The van der Waals surface area contributed by atoms with E-state index in [1.54, 1.807) is 12.1 Å². The van der Waals surface area contributed by atoms with E-state index in [1.165, 1.54) is 12.1 Å². The molecule has 2 rings (SSSR count). The molecule has 0 radical (unpaired) electrons. The molecule has 0 aromatic heterocycles. The molecule has 1 heterocycles. The molecule has 0 spiro atoms. The van der Waals surface area contributed by atoms with Crippen molar-refractivity contribution in [1.29, 1.82) is 0 Å². The average Bonchev–Trinajstić information content (AvgIpc) is 2.24. The Bertz CT molecular complexity index is 422. The molecular weight excluding hydrogens is 220 g/mol. The van der Waals surface area contributed by atoms with Gasteiger partial charge in [-0.1, -0.05) is 13.8 Å². The van der Waals surface area contributed by atoms with Crippen LogP contribution >= 0.6 is 0 Å². The van der Waals surface area contributed by atoms with Gasteiger partial charge in [-0.25, -0.2) is 0 Å². The maximum Gasteiger partial charge on any atom is 0.269 e. The van der Waals surface area contributed by atoms with Crippen molar-refractivity contribution in [2.45, 2.75) is 19.4 Å². The molecular formula is C12H16N2O3. The predicted molar refractivity (Wildman–Crippen MR) is 65.1 cm³/mol. The van der Waals surface area contributed by atoms with Gasteiger partial charge in [-0.3, -0.25) is 10.1 Å². The number of β-amino-alcohol motifs (C(OH)–C–C–N with tert-alkyl or cyclic N) is 1. The predicted octanol–water partition coefficient (Wildman–Crippen LogP) is 1.80. The fraction of sp³-hybridized carbons (Fsp3) is 0.500. The van der Waals surface area contributed by atoms with Crippen molar-refractivity contribution in [3.8, 4) is 0 Å². The van der Waals surface area contributed by atoms with Crippen molar-refractivity contribution in [2.24, 2.45) is 5.92 Å². The first-order valence-electron chi connectivity index (χ1n) is 5.64. The van der Waals surface area contributed by atoms with Crippen LogP contribution in [0.2, 0.25) is 0 Å². The van der Waals surface area contributed by atoms with E-state index in [0.717, 1.165) is 5.69 Å². The number of rotatable bonds is 3. The summed E-state index contributed by atoms with van der Waals surface area (Å²) in [6.07, 6.45) is 0. The molecule has 0 unspecified atom stereocenters. The van der Waals surface area contributed by atoms with E-state index in [1.807, 2.05) is 18.7 Å². The Morgan fingerprint density at radius 1 is 1.35 bits per heavy atom. The Morgan fingerprint density at radius 2 is 1.88 bits per heavy atom. The smallest absolute Gasteiger partial charge is 0.269 e. The highest BCUT2D eigenvalue weighted by atomic mass is 16.6. The van der Waals surface area contributed by atoms with Gasteiger partial charge in [0.05, 0.1) is 4.92 Å². The van der Waals surface area contributed by atoms with E-state index < -0.39 is 10.5 Å². The van der Waals surface area contributed by atoms with E-state index in [9.17, 15) is 15.2 Å². The Hall–Kier alpha value is -1.62. The molecule has 5 heteroatoms. The molecule has 1 aliphatic heterocycles. The van der Waals surface area contributed by atoms with Crippen LogP contribution in [0.15, 0.2) is 24.3 Å². The molecule has 0 amide bonds. The normalized spacial score (nSPS) is 18.0. The lowest BCUT2D eigenvalue weighted by atomic mass is 9.82. The fourth-order valence-electron chi connectivity index (χ4n) is 1.95. The van der Waals surface area contributed by atoms with E-state index in [4.69, 9.17) is 0 Å². The van der Waals surface area contributed by atoms with Gasteiger partial charge in [0, 0.05) is 30.9 Å². The topological polar surface area (TPSA) is 66.6 Å². The molecule has 1 aromatic rings. The van der Waals surface area contributed by atoms with Gasteiger partial charge >= 0.3 is 0 Å². The largest absolute Gasteiger partial charge is 0.386 e. The fourth-order valence-corrected chi connectivity index (χ4v) is 1.95. The van der Waals surface area contributed by atoms with Crippen molar-refractivity contribution in [3.63, 3.8) is 0 Å². The first-order valence-corrected chi connectivity index (χ1v) is 5.64. The average molecular weight is 236 g/mol. The molecule has 1 aliphatic rings. The first-order chi connectivity index (χ1) is 7.92. The second kappa shape index (κ2) is 4.00. The molecule has 0 aliphatic carbocycles. The van der Waals surface area contributed by atoms with E-state index in [0.29, 0.717) is 13.1 Å². The van der Waals surface area contributed by atoms with Gasteiger partial charge in [0.15, 0.2) is 0 Å². The highest BCUT2D eigenvalue weighted by Crippen LogP contribution is 2.33. The van der Waals surface area contributed by atoms with Gasteiger partial charge in [0.2, 0.25) is 0 Å². The SMILES string of the molecule is CC(C)C1(O)CN(c2ccc([N+](=O)[O-])cc2)C1. The van der Waals surface area contributed by atoms with Crippen LogP contribution in [-0.2, 0) is 0 Å². The van der Waals surface area contributed by atoms with Crippen LogP contribution in [-0.4, -0.2) is 28.7 Å². The molecule has 17 heavy (non-hydrogen) atoms. The Balaban J connectivity index is 2.04. The lowest BCUT2D eigenvalue weighted by molar-refractivity contribution is -0.384. The number of aliphatic hydroxyl groups is 1. The summed E-state index contributed by atoms with van der Waals surface area (Å²) in [4.78, 5) is 12.1. The zero-order valence-electron chi connectivity index (χ0n) is 9.96. The van der Waals surface area contributed by atoms with Gasteiger partial charge in [-0.2, -0.15) is 0 Å². The van der Waals surface area contributed by atoms with Gasteiger partial charge in [-0.05, 0) is 18.1 Å². The number of non-ortho nitro benzene ring substituents is 1.